The van der Waals surface area contributed by atoms with Gasteiger partial charge in [-0.25, -0.2) is 0 Å². The molecular formula is C12H18O3. The van der Waals surface area contributed by atoms with E-state index in [4.69, 9.17) is 5.11 Å². The van der Waals surface area contributed by atoms with Crippen LogP contribution in [-0.4, -0.2) is 27.5 Å². The number of benzene rings is 1. The van der Waals surface area contributed by atoms with Crippen molar-refractivity contribution in [1.29, 1.82) is 0 Å². The Morgan fingerprint density at radius 3 is 2.53 bits per heavy atom. The molecule has 0 aliphatic rings. The number of hydrogen-bond acceptors (Lipinski definition) is 3. The van der Waals surface area contributed by atoms with Crippen LogP contribution in [0.3, 0.4) is 0 Å². The zero-order chi connectivity index (χ0) is 11.3. The Balaban J connectivity index is 2.40. The van der Waals surface area contributed by atoms with Crippen LogP contribution in [0.25, 0.3) is 0 Å². The lowest BCUT2D eigenvalue weighted by atomic mass is 10.0. The van der Waals surface area contributed by atoms with Crippen LogP contribution >= 0.6 is 0 Å². The number of phenols is 1. The molecule has 0 spiro atoms. The Labute approximate surface area is 90.0 Å². The Morgan fingerprint density at radius 1 is 1.20 bits per heavy atom. The summed E-state index contributed by atoms with van der Waals surface area (Å²) < 4.78 is 0. The summed E-state index contributed by atoms with van der Waals surface area (Å²) in [7, 11) is 0. The van der Waals surface area contributed by atoms with Gasteiger partial charge in [-0.3, -0.25) is 0 Å². The molecule has 0 radical (unpaired) electrons. The number of aliphatic hydroxyl groups excluding tert-OH is 2. The maximum atomic E-state index is 9.65. The number of rotatable bonds is 5. The monoisotopic (exact) mass is 210 g/mol. The van der Waals surface area contributed by atoms with E-state index in [1.165, 1.54) is 0 Å². The van der Waals surface area contributed by atoms with E-state index in [1.807, 2.05) is 6.07 Å². The van der Waals surface area contributed by atoms with Crippen molar-refractivity contribution in [2.45, 2.75) is 38.4 Å². The van der Waals surface area contributed by atoms with Gasteiger partial charge in [0.15, 0.2) is 0 Å². The summed E-state index contributed by atoms with van der Waals surface area (Å²) in [6, 6.07) is 6.87. The molecule has 0 bridgehead atoms. The van der Waals surface area contributed by atoms with Crippen LogP contribution in [0.4, 0.5) is 0 Å². The van der Waals surface area contributed by atoms with Gasteiger partial charge in [0.2, 0.25) is 0 Å². The van der Waals surface area contributed by atoms with Crippen LogP contribution in [0.15, 0.2) is 24.3 Å². The van der Waals surface area contributed by atoms with Crippen molar-refractivity contribution in [3.8, 4) is 5.75 Å². The van der Waals surface area contributed by atoms with E-state index in [0.717, 1.165) is 5.56 Å². The number of hydrogen-bond donors (Lipinski definition) is 3. The van der Waals surface area contributed by atoms with Gasteiger partial charge in [0, 0.05) is 0 Å². The molecule has 1 aromatic rings. The molecule has 0 fully saturated rings. The lowest BCUT2D eigenvalue weighted by Crippen LogP contribution is -2.13. The molecule has 0 saturated carbocycles. The highest BCUT2D eigenvalue weighted by atomic mass is 16.3. The minimum absolute atomic E-state index is 0.218. The van der Waals surface area contributed by atoms with Gasteiger partial charge in [0.25, 0.3) is 0 Å². The van der Waals surface area contributed by atoms with Crippen LogP contribution in [0, 0.1) is 0 Å². The number of aliphatic hydroxyl groups is 2. The maximum Gasteiger partial charge on any atom is 0.115 e. The molecule has 84 valence electrons. The Kier molecular flexibility index (Phi) is 4.59. The summed E-state index contributed by atoms with van der Waals surface area (Å²) in [6.07, 6.45) is 0.860. The van der Waals surface area contributed by atoms with Gasteiger partial charge in [-0.05, 0) is 43.9 Å². The predicted molar refractivity (Wildman–Crippen MR) is 58.7 cm³/mol. The molecule has 2 atom stereocenters. The summed E-state index contributed by atoms with van der Waals surface area (Å²) in [5.74, 6) is 0.218. The lowest BCUT2D eigenvalue weighted by Gasteiger charge is -2.11. The van der Waals surface area contributed by atoms with E-state index in [9.17, 15) is 10.2 Å². The van der Waals surface area contributed by atoms with E-state index in [1.54, 1.807) is 25.1 Å². The van der Waals surface area contributed by atoms with Gasteiger partial charge in [-0.1, -0.05) is 12.1 Å². The molecular weight excluding hydrogens is 192 g/mol. The SMILES string of the molecule is CC(O)CCC(O)Cc1cccc(O)c1. The largest absolute Gasteiger partial charge is 0.508 e. The molecule has 0 aliphatic carbocycles. The normalized spacial score (nSPS) is 14.9. The molecule has 0 heterocycles. The second-order valence-electron chi connectivity index (χ2n) is 3.95. The topological polar surface area (TPSA) is 60.7 Å². The highest BCUT2D eigenvalue weighted by Crippen LogP contribution is 2.14. The number of phenolic OH excluding ortho intramolecular Hbond substituents is 1. The van der Waals surface area contributed by atoms with E-state index in [-0.39, 0.29) is 11.9 Å². The molecule has 1 aromatic carbocycles. The van der Waals surface area contributed by atoms with Crippen LogP contribution in [0.5, 0.6) is 5.75 Å². The Morgan fingerprint density at radius 2 is 1.93 bits per heavy atom. The molecule has 3 heteroatoms. The van der Waals surface area contributed by atoms with Crippen molar-refractivity contribution in [2.75, 3.05) is 0 Å². The molecule has 15 heavy (non-hydrogen) atoms. The first-order valence-corrected chi connectivity index (χ1v) is 5.22. The molecule has 2 unspecified atom stereocenters. The average molecular weight is 210 g/mol. The third kappa shape index (κ3) is 4.81. The van der Waals surface area contributed by atoms with E-state index in [2.05, 4.69) is 0 Å². The fourth-order valence-corrected chi connectivity index (χ4v) is 1.49. The van der Waals surface area contributed by atoms with Crippen molar-refractivity contribution in [3.63, 3.8) is 0 Å². The summed E-state index contributed by atoms with van der Waals surface area (Å²) >= 11 is 0. The van der Waals surface area contributed by atoms with Crippen molar-refractivity contribution in [2.24, 2.45) is 0 Å². The first-order chi connectivity index (χ1) is 7.08. The fraction of sp³-hybridized carbons (Fsp3) is 0.500. The van der Waals surface area contributed by atoms with Crippen molar-refractivity contribution < 1.29 is 15.3 Å². The summed E-state index contributed by atoms with van der Waals surface area (Å²) in [5.41, 5.74) is 0.910. The lowest BCUT2D eigenvalue weighted by molar-refractivity contribution is 0.123. The second kappa shape index (κ2) is 5.73. The molecule has 0 amide bonds. The highest BCUT2D eigenvalue weighted by molar-refractivity contribution is 5.27. The Hall–Kier alpha value is -1.06. The van der Waals surface area contributed by atoms with Crippen molar-refractivity contribution in [3.05, 3.63) is 29.8 Å². The van der Waals surface area contributed by atoms with Gasteiger partial charge in [-0.15, -0.1) is 0 Å². The number of aromatic hydroxyl groups is 1. The van der Waals surface area contributed by atoms with Crippen LogP contribution in [0.1, 0.15) is 25.3 Å². The average Bonchev–Trinajstić information content (AvgIpc) is 2.15. The summed E-state index contributed by atoms with van der Waals surface area (Å²) in [6.45, 7) is 1.71. The Bertz CT molecular complexity index is 297. The first kappa shape index (κ1) is 12.0. The smallest absolute Gasteiger partial charge is 0.115 e. The minimum Gasteiger partial charge on any atom is -0.508 e. The second-order valence-corrected chi connectivity index (χ2v) is 3.95. The fourth-order valence-electron chi connectivity index (χ4n) is 1.49. The zero-order valence-corrected chi connectivity index (χ0v) is 8.93. The summed E-state index contributed by atoms with van der Waals surface area (Å²) in [5, 5.41) is 27.9. The molecule has 0 aliphatic heterocycles. The van der Waals surface area contributed by atoms with Crippen LogP contribution < -0.4 is 0 Å². The van der Waals surface area contributed by atoms with Gasteiger partial charge in [0.05, 0.1) is 12.2 Å². The predicted octanol–water partition coefficient (Wildman–Crippen LogP) is 1.46. The minimum atomic E-state index is -0.457. The highest BCUT2D eigenvalue weighted by Gasteiger charge is 2.07. The molecule has 3 nitrogen and oxygen atoms in total. The molecule has 1 rings (SSSR count). The van der Waals surface area contributed by atoms with Crippen LogP contribution in [0.2, 0.25) is 0 Å². The van der Waals surface area contributed by atoms with Gasteiger partial charge < -0.3 is 15.3 Å². The first-order valence-electron chi connectivity index (χ1n) is 5.22. The van der Waals surface area contributed by atoms with E-state index in [0.29, 0.717) is 19.3 Å². The van der Waals surface area contributed by atoms with E-state index < -0.39 is 6.10 Å². The van der Waals surface area contributed by atoms with E-state index >= 15 is 0 Å². The van der Waals surface area contributed by atoms with Crippen LogP contribution in [-0.2, 0) is 6.42 Å². The maximum absolute atomic E-state index is 9.65. The van der Waals surface area contributed by atoms with Gasteiger partial charge >= 0.3 is 0 Å². The van der Waals surface area contributed by atoms with Gasteiger partial charge in [-0.2, -0.15) is 0 Å². The standard InChI is InChI=1S/C12H18O3/c1-9(13)5-6-12(15)8-10-3-2-4-11(14)7-10/h2-4,7,9,12-15H,5-6,8H2,1H3. The third-order valence-electron chi connectivity index (χ3n) is 2.30. The van der Waals surface area contributed by atoms with Crippen molar-refractivity contribution in [1.82, 2.24) is 0 Å². The zero-order valence-electron chi connectivity index (χ0n) is 8.93. The quantitative estimate of drug-likeness (QED) is 0.689. The molecule has 3 N–H and O–H groups in total. The van der Waals surface area contributed by atoms with Gasteiger partial charge in [0.1, 0.15) is 5.75 Å². The molecule has 0 aromatic heterocycles. The molecule has 0 saturated heterocycles. The third-order valence-corrected chi connectivity index (χ3v) is 2.30. The van der Waals surface area contributed by atoms with Crippen molar-refractivity contribution >= 4 is 0 Å². The summed E-state index contributed by atoms with van der Waals surface area (Å²) in [4.78, 5) is 0.